The van der Waals surface area contributed by atoms with Crippen molar-refractivity contribution in [2.45, 2.75) is 13.0 Å². The molecule has 2 N–H and O–H groups in total. The van der Waals surface area contributed by atoms with Crippen LogP contribution in [-0.4, -0.2) is 17.8 Å². The van der Waals surface area contributed by atoms with Crippen LogP contribution in [-0.2, 0) is 0 Å². The van der Waals surface area contributed by atoms with Gasteiger partial charge in [0.2, 0.25) is 10.9 Å². The van der Waals surface area contributed by atoms with Crippen LogP contribution in [0.15, 0.2) is 38.3 Å². The van der Waals surface area contributed by atoms with E-state index in [-0.39, 0.29) is 6.54 Å². The lowest BCUT2D eigenvalue weighted by molar-refractivity contribution is 0.208. The van der Waals surface area contributed by atoms with Crippen LogP contribution in [0.4, 0.5) is 5.69 Å². The van der Waals surface area contributed by atoms with Gasteiger partial charge in [-0.1, -0.05) is 28.1 Å². The summed E-state index contributed by atoms with van der Waals surface area (Å²) in [5.41, 5.74) is 0.395. The summed E-state index contributed by atoms with van der Waals surface area (Å²) < 4.78 is 0.906. The van der Waals surface area contributed by atoms with Crippen LogP contribution in [0.5, 0.6) is 0 Å². The third-order valence-electron chi connectivity index (χ3n) is 2.62. The lowest BCUT2D eigenvalue weighted by Crippen LogP contribution is -2.37. The average Bonchev–Trinajstić information content (AvgIpc) is 2.34. The van der Waals surface area contributed by atoms with Gasteiger partial charge in [-0.2, -0.15) is 0 Å². The SMILES string of the molecule is C[C@@H](O)CNc1c(-c2ccc(Br)cc2)c(=O)c1=O. The number of hydrogen-bond acceptors (Lipinski definition) is 4. The van der Waals surface area contributed by atoms with Gasteiger partial charge in [-0.25, -0.2) is 0 Å². The van der Waals surface area contributed by atoms with E-state index in [4.69, 9.17) is 0 Å². The molecule has 0 amide bonds. The fourth-order valence-corrected chi connectivity index (χ4v) is 1.97. The van der Waals surface area contributed by atoms with E-state index in [0.29, 0.717) is 16.8 Å². The standard InChI is InChI=1S/C13H12BrNO3/c1-7(16)6-15-11-10(12(17)13(11)18)8-2-4-9(14)5-3-8/h2-5,7,15-16H,6H2,1H3/t7-/m1/s1. The first-order valence-electron chi connectivity index (χ1n) is 5.52. The van der Waals surface area contributed by atoms with Crippen molar-refractivity contribution in [2.75, 3.05) is 11.9 Å². The molecule has 0 saturated carbocycles. The van der Waals surface area contributed by atoms with Crippen LogP contribution in [0.3, 0.4) is 0 Å². The highest BCUT2D eigenvalue weighted by Crippen LogP contribution is 2.24. The molecule has 18 heavy (non-hydrogen) atoms. The highest BCUT2D eigenvalue weighted by Gasteiger charge is 2.21. The van der Waals surface area contributed by atoms with Gasteiger partial charge in [0.25, 0.3) is 0 Å². The molecular weight excluding hydrogens is 298 g/mol. The van der Waals surface area contributed by atoms with Crippen molar-refractivity contribution in [3.8, 4) is 11.1 Å². The fourth-order valence-electron chi connectivity index (χ4n) is 1.70. The van der Waals surface area contributed by atoms with Gasteiger partial charge in [0, 0.05) is 11.0 Å². The summed E-state index contributed by atoms with van der Waals surface area (Å²) in [7, 11) is 0. The zero-order valence-corrected chi connectivity index (χ0v) is 11.3. The summed E-state index contributed by atoms with van der Waals surface area (Å²) in [6.45, 7) is 1.85. The van der Waals surface area contributed by atoms with Gasteiger partial charge in [0.15, 0.2) is 0 Å². The number of benzene rings is 1. The molecule has 2 rings (SSSR count). The van der Waals surface area contributed by atoms with Crippen LogP contribution in [0, 0.1) is 0 Å². The van der Waals surface area contributed by atoms with E-state index in [1.807, 2.05) is 12.1 Å². The third-order valence-corrected chi connectivity index (χ3v) is 3.15. The van der Waals surface area contributed by atoms with Crippen molar-refractivity contribution in [1.29, 1.82) is 0 Å². The van der Waals surface area contributed by atoms with Crippen LogP contribution in [0.1, 0.15) is 6.92 Å². The van der Waals surface area contributed by atoms with E-state index in [9.17, 15) is 14.7 Å². The molecule has 0 radical (unpaired) electrons. The summed E-state index contributed by atoms with van der Waals surface area (Å²) in [5.74, 6) is 0. The van der Waals surface area contributed by atoms with Crippen molar-refractivity contribution >= 4 is 21.6 Å². The van der Waals surface area contributed by atoms with Gasteiger partial charge >= 0.3 is 0 Å². The second-order valence-corrected chi connectivity index (χ2v) is 5.06. The predicted molar refractivity (Wildman–Crippen MR) is 74.7 cm³/mol. The zero-order chi connectivity index (χ0) is 13.3. The van der Waals surface area contributed by atoms with Gasteiger partial charge < -0.3 is 10.4 Å². The second-order valence-electron chi connectivity index (χ2n) is 4.15. The molecule has 0 spiro atoms. The van der Waals surface area contributed by atoms with E-state index in [0.717, 1.165) is 4.47 Å². The van der Waals surface area contributed by atoms with Crippen LogP contribution < -0.4 is 16.2 Å². The largest absolute Gasteiger partial charge is 0.392 e. The molecule has 0 heterocycles. The van der Waals surface area contributed by atoms with E-state index in [1.54, 1.807) is 19.1 Å². The molecule has 5 heteroatoms. The molecule has 0 aliphatic heterocycles. The zero-order valence-electron chi connectivity index (χ0n) is 9.74. The summed E-state index contributed by atoms with van der Waals surface area (Å²) in [6.07, 6.45) is -0.577. The fraction of sp³-hybridized carbons (Fsp3) is 0.231. The van der Waals surface area contributed by atoms with Gasteiger partial charge in [-0.15, -0.1) is 0 Å². The smallest absolute Gasteiger partial charge is 0.250 e. The molecule has 0 saturated heterocycles. The molecule has 0 aromatic heterocycles. The first-order valence-corrected chi connectivity index (χ1v) is 6.31. The Kier molecular flexibility index (Phi) is 3.63. The molecule has 94 valence electrons. The average molecular weight is 310 g/mol. The van der Waals surface area contributed by atoms with Gasteiger partial charge in [0.05, 0.1) is 17.4 Å². The minimum absolute atomic E-state index is 0.244. The maximum atomic E-state index is 11.6. The lowest BCUT2D eigenvalue weighted by Gasteiger charge is -2.14. The predicted octanol–water partition coefficient (Wildman–Crippen LogP) is 1.50. The molecule has 0 fully saturated rings. The Morgan fingerprint density at radius 2 is 1.83 bits per heavy atom. The van der Waals surface area contributed by atoms with Crippen LogP contribution in [0.2, 0.25) is 0 Å². The Morgan fingerprint density at radius 3 is 2.39 bits per heavy atom. The molecule has 0 bridgehead atoms. The van der Waals surface area contributed by atoms with Crippen molar-refractivity contribution in [3.05, 3.63) is 49.2 Å². The van der Waals surface area contributed by atoms with Crippen LogP contribution >= 0.6 is 15.9 Å². The van der Waals surface area contributed by atoms with Gasteiger partial charge in [-0.05, 0) is 24.6 Å². The molecule has 0 aliphatic carbocycles. The maximum Gasteiger partial charge on any atom is 0.250 e. The second kappa shape index (κ2) is 5.04. The summed E-state index contributed by atoms with van der Waals surface area (Å²) in [6, 6.07) is 7.16. The number of hydrogen-bond donors (Lipinski definition) is 2. The molecule has 4 nitrogen and oxygen atoms in total. The van der Waals surface area contributed by atoms with Crippen molar-refractivity contribution in [2.24, 2.45) is 0 Å². The maximum absolute atomic E-state index is 11.6. The number of rotatable bonds is 4. The highest BCUT2D eigenvalue weighted by atomic mass is 79.9. The molecule has 1 atom stereocenters. The molecular formula is C13H12BrNO3. The molecule has 0 aliphatic rings. The Balaban J connectivity index is 2.34. The molecule has 2 aromatic rings. The number of anilines is 1. The van der Waals surface area contributed by atoms with Gasteiger partial charge in [0.1, 0.15) is 0 Å². The summed E-state index contributed by atoms with van der Waals surface area (Å²) >= 11 is 3.31. The Bertz CT molecular complexity index is 624. The van der Waals surface area contributed by atoms with E-state index < -0.39 is 17.0 Å². The number of nitrogens with one attached hydrogen (secondary N) is 1. The van der Waals surface area contributed by atoms with Crippen molar-refractivity contribution in [3.63, 3.8) is 0 Å². The summed E-state index contributed by atoms with van der Waals surface area (Å²) in [4.78, 5) is 23.0. The minimum Gasteiger partial charge on any atom is -0.392 e. The van der Waals surface area contributed by atoms with Gasteiger partial charge in [-0.3, -0.25) is 9.59 Å². The third kappa shape index (κ3) is 2.37. The first kappa shape index (κ1) is 13.0. The summed E-state index contributed by atoms with van der Waals surface area (Å²) in [5, 5.41) is 12.0. The quantitative estimate of drug-likeness (QED) is 0.840. The van der Waals surface area contributed by atoms with Crippen LogP contribution in [0.25, 0.3) is 11.1 Å². The Labute approximate surface area is 112 Å². The first-order chi connectivity index (χ1) is 8.50. The minimum atomic E-state index is -0.577. The molecule has 0 unspecified atom stereocenters. The highest BCUT2D eigenvalue weighted by molar-refractivity contribution is 9.10. The van der Waals surface area contributed by atoms with E-state index >= 15 is 0 Å². The number of aliphatic hydroxyl groups excluding tert-OH is 1. The van der Waals surface area contributed by atoms with E-state index in [1.165, 1.54) is 0 Å². The lowest BCUT2D eigenvalue weighted by atomic mass is 9.98. The monoisotopic (exact) mass is 309 g/mol. The number of halogens is 1. The Morgan fingerprint density at radius 1 is 1.22 bits per heavy atom. The number of aliphatic hydroxyl groups is 1. The topological polar surface area (TPSA) is 66.4 Å². The molecule has 2 aromatic carbocycles. The van der Waals surface area contributed by atoms with E-state index in [2.05, 4.69) is 21.2 Å². The Hall–Kier alpha value is -1.46. The van der Waals surface area contributed by atoms with Crippen molar-refractivity contribution < 1.29 is 5.11 Å². The van der Waals surface area contributed by atoms with Crippen molar-refractivity contribution in [1.82, 2.24) is 0 Å². The normalized spacial score (nSPS) is 12.6.